The average Bonchev–Trinajstić information content (AvgIpc) is 3.17. The summed E-state index contributed by atoms with van der Waals surface area (Å²) in [6.07, 6.45) is 2.88. The molecule has 3 rings (SSSR count). The zero-order valence-electron chi connectivity index (χ0n) is 17.7. The highest BCUT2D eigenvalue weighted by atomic mass is 32.1. The Morgan fingerprint density at radius 2 is 1.90 bits per heavy atom. The number of benzene rings is 2. The van der Waals surface area contributed by atoms with Crippen molar-refractivity contribution in [3.63, 3.8) is 0 Å². The minimum absolute atomic E-state index is 0.0721. The second kappa shape index (κ2) is 10.3. The van der Waals surface area contributed by atoms with Crippen molar-refractivity contribution in [2.75, 3.05) is 11.5 Å². The quantitative estimate of drug-likeness (QED) is 0.379. The highest BCUT2D eigenvalue weighted by Crippen LogP contribution is 2.37. The summed E-state index contributed by atoms with van der Waals surface area (Å²) >= 11 is 1.48. The largest absolute Gasteiger partial charge is 0.494 e. The number of rotatable bonds is 9. The number of hydrogen-bond acceptors (Lipinski definition) is 4. The van der Waals surface area contributed by atoms with Gasteiger partial charge in [0, 0.05) is 16.9 Å². The molecule has 0 radical (unpaired) electrons. The topological polar surface area (TPSA) is 42.4 Å². The molecule has 2 aromatic carbocycles. The highest BCUT2D eigenvalue weighted by Gasteiger charge is 2.23. The van der Waals surface area contributed by atoms with E-state index >= 15 is 0 Å². The molecule has 0 aliphatic heterocycles. The number of nitrogens with zero attached hydrogens (tertiary/aromatic N) is 2. The van der Waals surface area contributed by atoms with Crippen LogP contribution in [-0.2, 0) is 11.2 Å². The Bertz CT molecular complexity index is 985. The van der Waals surface area contributed by atoms with E-state index in [9.17, 15) is 9.18 Å². The van der Waals surface area contributed by atoms with Gasteiger partial charge in [-0.1, -0.05) is 26.3 Å². The molecule has 0 saturated carbocycles. The van der Waals surface area contributed by atoms with Crippen LogP contribution in [0.3, 0.4) is 0 Å². The summed E-state index contributed by atoms with van der Waals surface area (Å²) in [4.78, 5) is 20.5. The molecular formula is C24H27FN2O2S. The molecule has 0 fully saturated rings. The van der Waals surface area contributed by atoms with Crippen LogP contribution in [-0.4, -0.2) is 17.5 Å². The fraction of sp³-hybridized carbons (Fsp3) is 0.333. The second-order valence-electron chi connectivity index (χ2n) is 6.89. The molecule has 0 bridgehead atoms. The number of amides is 1. The van der Waals surface area contributed by atoms with Gasteiger partial charge in [-0.25, -0.2) is 9.37 Å². The molecule has 1 amide bonds. The number of anilines is 2. The van der Waals surface area contributed by atoms with E-state index in [0.29, 0.717) is 23.8 Å². The van der Waals surface area contributed by atoms with E-state index < -0.39 is 0 Å². The Morgan fingerprint density at radius 3 is 2.53 bits per heavy atom. The predicted molar refractivity (Wildman–Crippen MR) is 121 cm³/mol. The monoisotopic (exact) mass is 426 g/mol. The Kier molecular flexibility index (Phi) is 7.57. The van der Waals surface area contributed by atoms with E-state index in [-0.39, 0.29) is 11.7 Å². The molecule has 0 spiro atoms. The summed E-state index contributed by atoms with van der Waals surface area (Å²) in [6.45, 7) is 6.68. The minimum Gasteiger partial charge on any atom is -0.494 e. The first-order valence-electron chi connectivity index (χ1n) is 10.4. The summed E-state index contributed by atoms with van der Waals surface area (Å²) in [5, 5.41) is 0.572. The van der Waals surface area contributed by atoms with Crippen LogP contribution in [0.2, 0.25) is 0 Å². The van der Waals surface area contributed by atoms with E-state index in [0.717, 1.165) is 41.1 Å². The number of thiazole rings is 1. The first kappa shape index (κ1) is 22.0. The Balaban J connectivity index is 2.02. The van der Waals surface area contributed by atoms with E-state index in [1.54, 1.807) is 17.0 Å². The standard InChI is InChI=1S/C24H27FN2O2S/c1-4-7-11-22(28)27(19-10-8-9-18(25)16-19)24-26-23(21(5-2)30-24)17-12-14-20(15-13-17)29-6-3/h8-10,12-16H,4-7,11H2,1-3H3. The third kappa shape index (κ3) is 5.05. The van der Waals surface area contributed by atoms with Gasteiger partial charge in [-0.15, -0.1) is 11.3 Å². The van der Waals surface area contributed by atoms with Crippen molar-refractivity contribution in [2.24, 2.45) is 0 Å². The lowest BCUT2D eigenvalue weighted by Gasteiger charge is -2.20. The summed E-state index contributed by atoms with van der Waals surface area (Å²) in [5.41, 5.74) is 2.33. The molecule has 3 aromatic rings. The average molecular weight is 427 g/mol. The van der Waals surface area contributed by atoms with Gasteiger partial charge in [0.25, 0.3) is 0 Å². The van der Waals surface area contributed by atoms with Crippen LogP contribution in [0.1, 0.15) is 44.9 Å². The zero-order valence-corrected chi connectivity index (χ0v) is 18.5. The molecule has 0 aliphatic rings. The van der Waals surface area contributed by atoms with Crippen LogP contribution in [0.4, 0.5) is 15.2 Å². The van der Waals surface area contributed by atoms with Crippen molar-refractivity contribution in [1.29, 1.82) is 0 Å². The van der Waals surface area contributed by atoms with E-state index in [4.69, 9.17) is 9.72 Å². The maximum absolute atomic E-state index is 13.9. The number of carbonyl (C=O) groups excluding carboxylic acids is 1. The first-order chi connectivity index (χ1) is 14.6. The number of halogens is 1. The van der Waals surface area contributed by atoms with Crippen LogP contribution < -0.4 is 9.64 Å². The van der Waals surface area contributed by atoms with Crippen molar-refractivity contribution in [2.45, 2.75) is 46.5 Å². The third-order valence-electron chi connectivity index (χ3n) is 4.70. The Labute approximate surface area is 181 Å². The summed E-state index contributed by atoms with van der Waals surface area (Å²) in [7, 11) is 0. The first-order valence-corrected chi connectivity index (χ1v) is 11.2. The van der Waals surface area contributed by atoms with Gasteiger partial charge in [0.2, 0.25) is 5.91 Å². The summed E-state index contributed by atoms with van der Waals surface area (Å²) < 4.78 is 19.4. The molecule has 0 N–H and O–H groups in total. The number of hydrogen-bond donors (Lipinski definition) is 0. The van der Waals surface area contributed by atoms with Gasteiger partial charge in [-0.2, -0.15) is 0 Å². The fourth-order valence-corrected chi connectivity index (χ4v) is 4.25. The molecule has 0 atom stereocenters. The fourth-order valence-electron chi connectivity index (χ4n) is 3.19. The van der Waals surface area contributed by atoms with Crippen molar-refractivity contribution in [3.8, 4) is 17.0 Å². The summed E-state index contributed by atoms with van der Waals surface area (Å²) in [5.74, 6) is 0.364. The van der Waals surface area contributed by atoms with Crippen molar-refractivity contribution >= 4 is 28.1 Å². The van der Waals surface area contributed by atoms with Gasteiger partial charge in [-0.3, -0.25) is 9.69 Å². The molecule has 30 heavy (non-hydrogen) atoms. The molecule has 1 aromatic heterocycles. The van der Waals surface area contributed by atoms with Crippen molar-refractivity contribution in [1.82, 2.24) is 4.98 Å². The van der Waals surface area contributed by atoms with Crippen molar-refractivity contribution in [3.05, 3.63) is 59.2 Å². The van der Waals surface area contributed by atoms with Crippen LogP contribution >= 0.6 is 11.3 Å². The molecule has 0 unspecified atom stereocenters. The van der Waals surface area contributed by atoms with Crippen LogP contribution in [0.15, 0.2) is 48.5 Å². The smallest absolute Gasteiger partial charge is 0.233 e. The van der Waals surface area contributed by atoms with Gasteiger partial charge < -0.3 is 4.74 Å². The molecular weight excluding hydrogens is 399 g/mol. The molecule has 6 heteroatoms. The SMILES string of the molecule is CCCCC(=O)N(c1cccc(F)c1)c1nc(-c2ccc(OCC)cc2)c(CC)s1. The molecule has 0 saturated heterocycles. The predicted octanol–water partition coefficient (Wildman–Crippen LogP) is 6.77. The molecule has 1 heterocycles. The number of ether oxygens (including phenoxy) is 1. The van der Waals surface area contributed by atoms with Crippen LogP contribution in [0.5, 0.6) is 5.75 Å². The van der Waals surface area contributed by atoms with Crippen LogP contribution in [0, 0.1) is 5.82 Å². The molecule has 4 nitrogen and oxygen atoms in total. The normalized spacial score (nSPS) is 10.8. The van der Waals surface area contributed by atoms with Crippen molar-refractivity contribution < 1.29 is 13.9 Å². The highest BCUT2D eigenvalue weighted by molar-refractivity contribution is 7.16. The van der Waals surface area contributed by atoms with E-state index in [1.165, 1.54) is 23.5 Å². The molecule has 0 aliphatic carbocycles. The van der Waals surface area contributed by atoms with Crippen LogP contribution in [0.25, 0.3) is 11.3 Å². The maximum Gasteiger partial charge on any atom is 0.233 e. The summed E-state index contributed by atoms with van der Waals surface area (Å²) in [6, 6.07) is 13.9. The number of aryl methyl sites for hydroxylation is 1. The second-order valence-corrected chi connectivity index (χ2v) is 7.95. The number of unbranched alkanes of at least 4 members (excludes halogenated alkanes) is 1. The Hall–Kier alpha value is -2.73. The lowest BCUT2D eigenvalue weighted by Crippen LogP contribution is -2.25. The van der Waals surface area contributed by atoms with Gasteiger partial charge in [0.15, 0.2) is 5.13 Å². The third-order valence-corrected chi connectivity index (χ3v) is 5.88. The Morgan fingerprint density at radius 1 is 1.13 bits per heavy atom. The number of carbonyl (C=O) groups is 1. The lowest BCUT2D eigenvalue weighted by molar-refractivity contribution is -0.118. The van der Waals surface area contributed by atoms with Gasteiger partial charge in [0.05, 0.1) is 18.0 Å². The molecule has 158 valence electrons. The lowest BCUT2D eigenvalue weighted by atomic mass is 10.1. The van der Waals surface area contributed by atoms with Gasteiger partial charge in [0.1, 0.15) is 11.6 Å². The van der Waals surface area contributed by atoms with Gasteiger partial charge >= 0.3 is 0 Å². The minimum atomic E-state index is -0.375. The zero-order chi connectivity index (χ0) is 21.5. The van der Waals surface area contributed by atoms with E-state index in [1.807, 2.05) is 38.1 Å². The maximum atomic E-state index is 13.9. The van der Waals surface area contributed by atoms with E-state index in [2.05, 4.69) is 6.92 Å². The number of aromatic nitrogens is 1. The van der Waals surface area contributed by atoms with Gasteiger partial charge in [-0.05, 0) is 62.2 Å².